The van der Waals surface area contributed by atoms with E-state index < -0.39 is 5.60 Å². The normalized spacial score (nSPS) is 22.0. The number of aliphatic hydroxyl groups is 1. The molecule has 7 heteroatoms. The van der Waals surface area contributed by atoms with Gasteiger partial charge in [-0.25, -0.2) is 0 Å². The van der Waals surface area contributed by atoms with Crippen molar-refractivity contribution in [3.8, 4) is 11.5 Å². The van der Waals surface area contributed by atoms with Crippen molar-refractivity contribution >= 4 is 23.2 Å². The zero-order valence-corrected chi connectivity index (χ0v) is 26.1. The van der Waals surface area contributed by atoms with Gasteiger partial charge in [0.25, 0.3) is 0 Å². The number of carbonyl (C=O) groups excluding carboxylic acids is 1. The van der Waals surface area contributed by atoms with Crippen LogP contribution in [-0.4, -0.2) is 37.8 Å². The summed E-state index contributed by atoms with van der Waals surface area (Å²) >= 11 is 6.26. The standard InChI is InChI=1S/C35H43ClN2O4/c1-22(2)42-32-20-30-25(18-31(32)41-5)19-33(39)38(34(30)24-8-14-28(36)15-9-24)29-16-12-27(13-17-29)35(3,40)26-10-6-23(7-11-26)21-37-4/h8-9,12-18,20,22-23,26,34,37,40H,6-7,10-11,19,21H2,1-5H3/t23?,26?,34-,35?/m0/s1. The Morgan fingerprint density at radius 3 is 2.29 bits per heavy atom. The average Bonchev–Trinajstić information content (AvgIpc) is 2.97. The number of fused-ring (bicyclic) bond motifs is 1. The predicted octanol–water partition coefficient (Wildman–Crippen LogP) is 7.05. The minimum atomic E-state index is -0.934. The molecule has 0 bridgehead atoms. The summed E-state index contributed by atoms with van der Waals surface area (Å²) < 4.78 is 11.8. The maximum Gasteiger partial charge on any atom is 0.232 e. The molecule has 1 unspecified atom stereocenters. The predicted molar refractivity (Wildman–Crippen MR) is 169 cm³/mol. The number of hydrogen-bond donors (Lipinski definition) is 2. The van der Waals surface area contributed by atoms with E-state index in [1.54, 1.807) is 7.11 Å². The van der Waals surface area contributed by atoms with Gasteiger partial charge in [-0.1, -0.05) is 35.9 Å². The SMILES string of the molecule is CNCC1CCC(C(C)(O)c2ccc(N3C(=O)Cc4cc(OC)c(OC(C)C)cc4[C@@H]3c3ccc(Cl)cc3)cc2)CC1. The fourth-order valence-electron chi connectivity index (χ4n) is 6.74. The Kier molecular flexibility index (Phi) is 9.17. The van der Waals surface area contributed by atoms with Crippen LogP contribution >= 0.6 is 11.6 Å². The molecule has 3 aromatic rings. The van der Waals surface area contributed by atoms with Gasteiger partial charge in [-0.05, 0) is 131 Å². The number of methoxy groups -OCH3 is 1. The van der Waals surface area contributed by atoms with E-state index in [-0.39, 0.29) is 30.4 Å². The van der Waals surface area contributed by atoms with E-state index >= 15 is 0 Å². The molecule has 0 spiro atoms. The lowest BCUT2D eigenvalue weighted by molar-refractivity contribution is -0.118. The highest BCUT2D eigenvalue weighted by atomic mass is 35.5. The number of benzene rings is 3. The van der Waals surface area contributed by atoms with Gasteiger partial charge in [0.2, 0.25) is 5.91 Å². The van der Waals surface area contributed by atoms with Gasteiger partial charge >= 0.3 is 0 Å². The molecule has 0 saturated heterocycles. The number of rotatable bonds is 9. The zero-order chi connectivity index (χ0) is 30.0. The Labute approximate surface area is 255 Å². The zero-order valence-electron chi connectivity index (χ0n) is 25.3. The van der Waals surface area contributed by atoms with Crippen LogP contribution in [0, 0.1) is 11.8 Å². The molecule has 42 heavy (non-hydrogen) atoms. The van der Waals surface area contributed by atoms with Crippen molar-refractivity contribution < 1.29 is 19.4 Å². The molecule has 1 fully saturated rings. The maximum absolute atomic E-state index is 13.9. The van der Waals surface area contributed by atoms with Crippen LogP contribution in [0.25, 0.3) is 0 Å². The highest BCUT2D eigenvalue weighted by molar-refractivity contribution is 6.30. The van der Waals surface area contributed by atoms with Crippen LogP contribution in [0.2, 0.25) is 5.02 Å². The van der Waals surface area contributed by atoms with Gasteiger partial charge in [-0.2, -0.15) is 0 Å². The summed E-state index contributed by atoms with van der Waals surface area (Å²) in [5.41, 5.74) is 3.58. The van der Waals surface area contributed by atoms with Crippen LogP contribution in [0.4, 0.5) is 5.69 Å². The Balaban J connectivity index is 1.51. The number of halogens is 1. The average molecular weight is 591 g/mol. The van der Waals surface area contributed by atoms with E-state index in [0.29, 0.717) is 22.4 Å². The number of anilines is 1. The Morgan fingerprint density at radius 1 is 1.02 bits per heavy atom. The summed E-state index contributed by atoms with van der Waals surface area (Å²) in [6.07, 6.45) is 4.46. The second-order valence-electron chi connectivity index (χ2n) is 12.2. The van der Waals surface area contributed by atoms with Gasteiger partial charge in [0, 0.05) is 10.7 Å². The molecular formula is C35H43ClN2O4. The summed E-state index contributed by atoms with van der Waals surface area (Å²) in [7, 11) is 3.62. The Bertz CT molecular complexity index is 1380. The van der Waals surface area contributed by atoms with Crippen molar-refractivity contribution in [1.82, 2.24) is 5.32 Å². The first-order chi connectivity index (χ1) is 20.1. The maximum atomic E-state index is 13.9. The first-order valence-electron chi connectivity index (χ1n) is 15.0. The second kappa shape index (κ2) is 12.7. The van der Waals surface area contributed by atoms with Gasteiger partial charge in [0.1, 0.15) is 0 Å². The molecule has 5 rings (SSSR count). The number of nitrogens with zero attached hydrogens (tertiary/aromatic N) is 1. The summed E-state index contributed by atoms with van der Waals surface area (Å²) in [5.74, 6) is 2.13. The fourth-order valence-corrected chi connectivity index (χ4v) is 6.87. The lowest BCUT2D eigenvalue weighted by atomic mass is 9.71. The van der Waals surface area contributed by atoms with E-state index in [2.05, 4.69) is 5.32 Å². The van der Waals surface area contributed by atoms with Crippen LogP contribution in [0.5, 0.6) is 11.5 Å². The molecule has 2 atom stereocenters. The van der Waals surface area contributed by atoms with Crippen LogP contribution < -0.4 is 19.7 Å². The van der Waals surface area contributed by atoms with Crippen molar-refractivity contribution in [3.63, 3.8) is 0 Å². The summed E-state index contributed by atoms with van der Waals surface area (Å²) in [4.78, 5) is 15.7. The molecule has 1 aliphatic carbocycles. The van der Waals surface area contributed by atoms with E-state index in [0.717, 1.165) is 60.2 Å². The molecule has 0 aromatic heterocycles. The Morgan fingerprint density at radius 2 is 1.69 bits per heavy atom. The van der Waals surface area contributed by atoms with Crippen LogP contribution in [0.15, 0.2) is 60.7 Å². The number of nitrogens with one attached hydrogen (secondary N) is 1. The summed E-state index contributed by atoms with van der Waals surface area (Å²) in [5, 5.41) is 15.6. The molecule has 224 valence electrons. The van der Waals surface area contributed by atoms with Crippen molar-refractivity contribution in [2.45, 2.75) is 70.6 Å². The first-order valence-corrected chi connectivity index (χ1v) is 15.4. The molecule has 1 saturated carbocycles. The molecule has 1 heterocycles. The lowest BCUT2D eigenvalue weighted by Crippen LogP contribution is -2.41. The molecular weight excluding hydrogens is 548 g/mol. The fraction of sp³-hybridized carbons (Fsp3) is 0.457. The molecule has 2 N–H and O–H groups in total. The van der Waals surface area contributed by atoms with Crippen LogP contribution in [0.3, 0.4) is 0 Å². The third kappa shape index (κ3) is 6.17. The first kappa shape index (κ1) is 30.4. The monoisotopic (exact) mass is 590 g/mol. The molecule has 1 amide bonds. The molecule has 2 aliphatic rings. The topological polar surface area (TPSA) is 71.0 Å². The highest BCUT2D eigenvalue weighted by Gasteiger charge is 2.38. The quantitative estimate of drug-likeness (QED) is 0.279. The largest absolute Gasteiger partial charge is 0.493 e. The van der Waals surface area contributed by atoms with Gasteiger partial charge in [0.05, 0.1) is 31.3 Å². The van der Waals surface area contributed by atoms with E-state index in [4.69, 9.17) is 21.1 Å². The van der Waals surface area contributed by atoms with E-state index in [1.165, 1.54) is 0 Å². The van der Waals surface area contributed by atoms with Crippen molar-refractivity contribution in [2.75, 3.05) is 25.6 Å². The number of amides is 1. The number of hydrogen-bond acceptors (Lipinski definition) is 5. The van der Waals surface area contributed by atoms with Crippen LogP contribution in [-0.2, 0) is 16.8 Å². The van der Waals surface area contributed by atoms with E-state index in [1.807, 2.05) is 93.4 Å². The van der Waals surface area contributed by atoms with Gasteiger partial charge in [0.15, 0.2) is 11.5 Å². The van der Waals surface area contributed by atoms with Crippen molar-refractivity contribution in [2.24, 2.45) is 11.8 Å². The smallest absolute Gasteiger partial charge is 0.232 e. The number of ether oxygens (including phenoxy) is 2. The summed E-state index contributed by atoms with van der Waals surface area (Å²) in [6, 6.07) is 19.1. The number of carbonyl (C=O) groups is 1. The molecule has 1 aliphatic heterocycles. The Hall–Kier alpha value is -3.06. The molecule has 6 nitrogen and oxygen atoms in total. The molecule has 3 aromatic carbocycles. The highest BCUT2D eigenvalue weighted by Crippen LogP contribution is 2.45. The van der Waals surface area contributed by atoms with Gasteiger partial charge < -0.3 is 24.8 Å². The van der Waals surface area contributed by atoms with E-state index in [9.17, 15) is 9.90 Å². The van der Waals surface area contributed by atoms with Crippen LogP contribution in [0.1, 0.15) is 74.8 Å². The van der Waals surface area contributed by atoms with Crippen molar-refractivity contribution in [3.05, 3.63) is 87.9 Å². The summed E-state index contributed by atoms with van der Waals surface area (Å²) in [6.45, 7) is 6.93. The third-order valence-corrected chi connectivity index (χ3v) is 9.25. The van der Waals surface area contributed by atoms with Gasteiger partial charge in [-0.15, -0.1) is 0 Å². The van der Waals surface area contributed by atoms with Crippen molar-refractivity contribution in [1.29, 1.82) is 0 Å². The minimum absolute atomic E-state index is 0.00982. The molecule has 0 radical (unpaired) electrons. The third-order valence-electron chi connectivity index (χ3n) is 9.00. The van der Waals surface area contributed by atoms with Gasteiger partial charge in [-0.3, -0.25) is 4.79 Å². The second-order valence-corrected chi connectivity index (χ2v) is 12.7. The minimum Gasteiger partial charge on any atom is -0.493 e. The lowest BCUT2D eigenvalue weighted by Gasteiger charge is -2.40.